The highest BCUT2D eigenvalue weighted by Crippen LogP contribution is 2.32. The summed E-state index contributed by atoms with van der Waals surface area (Å²) in [6, 6.07) is 9.85. The fraction of sp³-hybridized carbons (Fsp3) is 0.353. The molecule has 1 aliphatic rings. The second kappa shape index (κ2) is 6.04. The van der Waals surface area contributed by atoms with Gasteiger partial charge in [-0.15, -0.1) is 0 Å². The third kappa shape index (κ3) is 2.94. The highest BCUT2D eigenvalue weighted by atomic mass is 16.5. The Morgan fingerprint density at radius 2 is 2.14 bits per heavy atom. The van der Waals surface area contributed by atoms with Crippen molar-refractivity contribution in [1.82, 2.24) is 4.98 Å². The molecule has 0 amide bonds. The number of hydrogen-bond acceptors (Lipinski definition) is 4. The van der Waals surface area contributed by atoms with Gasteiger partial charge in [-0.2, -0.15) is 0 Å². The van der Waals surface area contributed by atoms with Crippen LogP contribution >= 0.6 is 0 Å². The quantitative estimate of drug-likeness (QED) is 0.866. The Kier molecular flexibility index (Phi) is 3.95. The largest absolute Gasteiger partial charge is 0.497 e. The van der Waals surface area contributed by atoms with Crippen molar-refractivity contribution in [3.8, 4) is 17.2 Å². The summed E-state index contributed by atoms with van der Waals surface area (Å²) in [5.41, 5.74) is 2.22. The van der Waals surface area contributed by atoms with Crippen molar-refractivity contribution in [3.63, 3.8) is 0 Å². The molecule has 4 heteroatoms. The van der Waals surface area contributed by atoms with Gasteiger partial charge in [-0.05, 0) is 36.6 Å². The van der Waals surface area contributed by atoms with Crippen LogP contribution in [0.4, 0.5) is 0 Å². The summed E-state index contributed by atoms with van der Waals surface area (Å²) in [5, 5.41) is 0. The van der Waals surface area contributed by atoms with Crippen LogP contribution in [-0.4, -0.2) is 25.8 Å². The smallest absolute Gasteiger partial charge is 0.140 e. The first-order chi connectivity index (χ1) is 10.3. The zero-order valence-electron chi connectivity index (χ0n) is 12.3. The van der Waals surface area contributed by atoms with E-state index in [9.17, 15) is 0 Å². The van der Waals surface area contributed by atoms with Crippen molar-refractivity contribution in [2.75, 3.05) is 20.8 Å². The summed E-state index contributed by atoms with van der Waals surface area (Å²) < 4.78 is 16.5. The zero-order valence-corrected chi connectivity index (χ0v) is 12.3. The predicted octanol–water partition coefficient (Wildman–Crippen LogP) is 2.89. The zero-order chi connectivity index (χ0) is 14.7. The molecule has 1 aliphatic heterocycles. The van der Waals surface area contributed by atoms with Crippen molar-refractivity contribution in [2.24, 2.45) is 5.92 Å². The minimum atomic E-state index is 0.412. The van der Waals surface area contributed by atoms with Crippen molar-refractivity contribution in [1.29, 1.82) is 0 Å². The molecule has 0 spiro atoms. The Hall–Kier alpha value is -2.23. The van der Waals surface area contributed by atoms with Gasteiger partial charge >= 0.3 is 0 Å². The van der Waals surface area contributed by atoms with Crippen LogP contribution < -0.4 is 14.2 Å². The summed E-state index contributed by atoms with van der Waals surface area (Å²) in [7, 11) is 3.35. The molecule has 2 aromatic rings. The van der Waals surface area contributed by atoms with Gasteiger partial charge in [0, 0.05) is 18.2 Å². The molecule has 0 aliphatic carbocycles. The highest BCUT2D eigenvalue weighted by molar-refractivity contribution is 5.42. The number of benzene rings is 1. The summed E-state index contributed by atoms with van der Waals surface area (Å²) in [6.07, 6.45) is 3.65. The van der Waals surface area contributed by atoms with Gasteiger partial charge in [-0.25, -0.2) is 0 Å². The number of nitrogens with zero attached hydrogens (tertiary/aromatic N) is 1. The Bertz CT molecular complexity index is 627. The standard InChI is InChI=1S/C17H19NO3/c1-19-14-6-5-13-8-12(11-21-17(13)10-14)9-15-16(20-2)4-3-7-18-15/h3-7,10,12H,8-9,11H2,1-2H3/t12-/m0/s1. The lowest BCUT2D eigenvalue weighted by Gasteiger charge is -2.25. The summed E-state index contributed by atoms with van der Waals surface area (Å²) in [4.78, 5) is 4.43. The van der Waals surface area contributed by atoms with E-state index in [0.29, 0.717) is 12.5 Å². The number of hydrogen-bond donors (Lipinski definition) is 0. The van der Waals surface area contributed by atoms with Crippen LogP contribution in [0.2, 0.25) is 0 Å². The molecule has 21 heavy (non-hydrogen) atoms. The van der Waals surface area contributed by atoms with E-state index >= 15 is 0 Å². The molecule has 3 rings (SSSR count). The lowest BCUT2D eigenvalue weighted by Crippen LogP contribution is -2.23. The van der Waals surface area contributed by atoms with Crippen LogP contribution in [0.5, 0.6) is 17.2 Å². The number of fused-ring (bicyclic) bond motifs is 1. The highest BCUT2D eigenvalue weighted by Gasteiger charge is 2.22. The van der Waals surface area contributed by atoms with Crippen LogP contribution in [0.1, 0.15) is 11.3 Å². The third-order valence-corrected chi connectivity index (χ3v) is 3.81. The monoisotopic (exact) mass is 285 g/mol. The molecular weight excluding hydrogens is 266 g/mol. The fourth-order valence-electron chi connectivity index (χ4n) is 2.71. The summed E-state index contributed by atoms with van der Waals surface area (Å²) in [5.74, 6) is 3.02. The first-order valence-corrected chi connectivity index (χ1v) is 7.07. The molecule has 1 atom stereocenters. The lowest BCUT2D eigenvalue weighted by atomic mass is 9.92. The van der Waals surface area contributed by atoms with Crippen molar-refractivity contribution in [2.45, 2.75) is 12.8 Å². The molecule has 2 heterocycles. The molecule has 0 bridgehead atoms. The van der Waals surface area contributed by atoms with E-state index in [0.717, 1.165) is 35.8 Å². The molecule has 4 nitrogen and oxygen atoms in total. The number of methoxy groups -OCH3 is 2. The second-order valence-corrected chi connectivity index (χ2v) is 5.21. The van der Waals surface area contributed by atoms with E-state index in [1.807, 2.05) is 24.3 Å². The molecule has 0 saturated heterocycles. The third-order valence-electron chi connectivity index (χ3n) is 3.81. The fourth-order valence-corrected chi connectivity index (χ4v) is 2.71. The molecule has 1 aromatic heterocycles. The van der Waals surface area contributed by atoms with Gasteiger partial charge in [0.15, 0.2) is 0 Å². The van der Waals surface area contributed by atoms with E-state index in [-0.39, 0.29) is 0 Å². The van der Waals surface area contributed by atoms with Gasteiger partial charge in [0.25, 0.3) is 0 Å². The minimum Gasteiger partial charge on any atom is -0.497 e. The normalized spacial score (nSPS) is 16.8. The Balaban J connectivity index is 1.74. The maximum Gasteiger partial charge on any atom is 0.140 e. The van der Waals surface area contributed by atoms with E-state index < -0.39 is 0 Å². The van der Waals surface area contributed by atoms with Crippen LogP contribution in [0.25, 0.3) is 0 Å². The first kappa shape index (κ1) is 13.7. The second-order valence-electron chi connectivity index (χ2n) is 5.21. The van der Waals surface area contributed by atoms with Gasteiger partial charge in [0.05, 0.1) is 26.5 Å². The van der Waals surface area contributed by atoms with Crippen LogP contribution in [0.15, 0.2) is 36.5 Å². The van der Waals surface area contributed by atoms with E-state index in [2.05, 4.69) is 11.1 Å². The van der Waals surface area contributed by atoms with E-state index in [1.54, 1.807) is 20.4 Å². The maximum absolute atomic E-state index is 5.88. The van der Waals surface area contributed by atoms with Gasteiger partial charge in [-0.3, -0.25) is 4.98 Å². The van der Waals surface area contributed by atoms with Crippen LogP contribution in [0.3, 0.4) is 0 Å². The van der Waals surface area contributed by atoms with Crippen molar-refractivity contribution in [3.05, 3.63) is 47.8 Å². The molecule has 0 fully saturated rings. The van der Waals surface area contributed by atoms with Gasteiger partial charge in [-0.1, -0.05) is 6.07 Å². The van der Waals surface area contributed by atoms with E-state index in [1.165, 1.54) is 5.56 Å². The van der Waals surface area contributed by atoms with Crippen molar-refractivity contribution < 1.29 is 14.2 Å². The number of rotatable bonds is 4. The maximum atomic E-state index is 5.88. The molecule has 0 saturated carbocycles. The average Bonchev–Trinajstić information content (AvgIpc) is 2.55. The van der Waals surface area contributed by atoms with E-state index in [4.69, 9.17) is 14.2 Å². The molecule has 1 aromatic carbocycles. The molecule has 0 radical (unpaired) electrons. The van der Waals surface area contributed by atoms with Gasteiger partial charge < -0.3 is 14.2 Å². The topological polar surface area (TPSA) is 40.6 Å². The predicted molar refractivity (Wildman–Crippen MR) is 80.2 cm³/mol. The Morgan fingerprint density at radius 1 is 1.24 bits per heavy atom. The molecule has 110 valence electrons. The average molecular weight is 285 g/mol. The van der Waals surface area contributed by atoms with Crippen LogP contribution in [0, 0.1) is 5.92 Å². The SMILES string of the molecule is COc1ccc2c(c1)OC[C@H](Cc1ncccc1OC)C2. The Labute approximate surface area is 124 Å². The molecule has 0 unspecified atom stereocenters. The molecular formula is C17H19NO3. The van der Waals surface area contributed by atoms with Gasteiger partial charge in [0.2, 0.25) is 0 Å². The minimum absolute atomic E-state index is 0.412. The van der Waals surface area contributed by atoms with Crippen LogP contribution in [-0.2, 0) is 12.8 Å². The number of aromatic nitrogens is 1. The van der Waals surface area contributed by atoms with Crippen molar-refractivity contribution >= 4 is 0 Å². The summed E-state index contributed by atoms with van der Waals surface area (Å²) >= 11 is 0. The summed E-state index contributed by atoms with van der Waals surface area (Å²) in [6.45, 7) is 0.694. The number of ether oxygens (including phenoxy) is 3. The number of pyridine rings is 1. The Morgan fingerprint density at radius 3 is 2.95 bits per heavy atom. The first-order valence-electron chi connectivity index (χ1n) is 7.07. The van der Waals surface area contributed by atoms with Gasteiger partial charge in [0.1, 0.15) is 17.2 Å². The molecule has 0 N–H and O–H groups in total. The lowest BCUT2D eigenvalue weighted by molar-refractivity contribution is 0.218.